The third-order valence-corrected chi connectivity index (χ3v) is 6.93. The van der Waals surface area contributed by atoms with Crippen LogP contribution in [0, 0.1) is 0 Å². The van der Waals surface area contributed by atoms with Crippen LogP contribution >= 0.6 is 27.7 Å². The number of nitrogens with two attached hydrogens (primary N) is 1. The van der Waals surface area contributed by atoms with Crippen LogP contribution in [0.1, 0.15) is 18.0 Å². The number of halogens is 1. The van der Waals surface area contributed by atoms with E-state index in [-0.39, 0.29) is 11.4 Å². The quantitative estimate of drug-likeness (QED) is 0.832. The zero-order valence-electron chi connectivity index (χ0n) is 12.0. The minimum Gasteiger partial charge on any atom is -0.324 e. The summed E-state index contributed by atoms with van der Waals surface area (Å²) in [6.07, 6.45) is 2.09. The summed E-state index contributed by atoms with van der Waals surface area (Å²) in [5.41, 5.74) is 7.30. The number of hydrogen-bond donors (Lipinski definition) is 1. The van der Waals surface area contributed by atoms with E-state index in [0.717, 1.165) is 35.3 Å². The Labute approximate surface area is 139 Å². The molecule has 0 spiro atoms. The van der Waals surface area contributed by atoms with Gasteiger partial charge in [-0.15, -0.1) is 0 Å². The van der Waals surface area contributed by atoms with E-state index in [1.165, 1.54) is 6.26 Å². The van der Waals surface area contributed by atoms with Gasteiger partial charge in [-0.3, -0.25) is 4.90 Å². The molecule has 1 aliphatic rings. The van der Waals surface area contributed by atoms with Crippen LogP contribution in [-0.2, 0) is 9.84 Å². The topological polar surface area (TPSA) is 63.4 Å². The molecule has 0 aromatic heterocycles. The fourth-order valence-electron chi connectivity index (χ4n) is 2.45. The van der Waals surface area contributed by atoms with Crippen molar-refractivity contribution in [1.82, 2.24) is 4.90 Å². The van der Waals surface area contributed by atoms with E-state index in [1.54, 1.807) is 11.8 Å². The number of sulfone groups is 1. The van der Waals surface area contributed by atoms with Crippen LogP contribution in [0.4, 0.5) is 0 Å². The third-order valence-electron chi connectivity index (χ3n) is 3.71. The minimum atomic E-state index is -3.04. The van der Waals surface area contributed by atoms with Crippen LogP contribution in [0.2, 0.25) is 0 Å². The summed E-state index contributed by atoms with van der Waals surface area (Å²) in [5.74, 6) is 1.64. The van der Waals surface area contributed by atoms with E-state index in [1.807, 2.05) is 24.3 Å². The first-order valence-electron chi connectivity index (χ1n) is 6.89. The average molecular weight is 393 g/mol. The van der Waals surface area contributed by atoms with Crippen molar-refractivity contribution in [3.05, 3.63) is 34.3 Å². The minimum absolute atomic E-state index is 0.0621. The van der Waals surface area contributed by atoms with E-state index in [2.05, 4.69) is 20.8 Å². The van der Waals surface area contributed by atoms with E-state index in [0.29, 0.717) is 5.75 Å². The third kappa shape index (κ3) is 4.96. The predicted octanol–water partition coefficient (Wildman–Crippen LogP) is 2.26. The maximum absolute atomic E-state index is 11.9. The van der Waals surface area contributed by atoms with E-state index >= 15 is 0 Å². The lowest BCUT2D eigenvalue weighted by Gasteiger charge is -2.34. The van der Waals surface area contributed by atoms with Gasteiger partial charge >= 0.3 is 0 Å². The summed E-state index contributed by atoms with van der Waals surface area (Å²) in [4.78, 5) is 2.06. The second kappa shape index (κ2) is 7.46. The molecular weight excluding hydrogens is 372 g/mol. The Kier molecular flexibility index (Phi) is 6.14. The smallest absolute Gasteiger partial charge is 0.164 e. The van der Waals surface area contributed by atoms with Crippen molar-refractivity contribution >= 4 is 37.5 Å². The van der Waals surface area contributed by atoms with Crippen molar-refractivity contribution in [2.24, 2.45) is 5.73 Å². The summed E-state index contributed by atoms with van der Waals surface area (Å²) >= 11 is 5.12. The van der Waals surface area contributed by atoms with Crippen molar-refractivity contribution in [2.75, 3.05) is 30.9 Å². The fourth-order valence-corrected chi connectivity index (χ4v) is 5.68. The van der Waals surface area contributed by atoms with E-state index in [9.17, 15) is 8.42 Å². The zero-order valence-corrected chi connectivity index (χ0v) is 15.3. The van der Waals surface area contributed by atoms with Gasteiger partial charge in [0.05, 0.1) is 0 Å². The molecule has 1 aromatic carbocycles. The fraction of sp³-hybridized carbons (Fsp3) is 0.571. The second-order valence-corrected chi connectivity index (χ2v) is 9.61. The normalized spacial score (nSPS) is 22.1. The molecule has 2 unspecified atom stereocenters. The van der Waals surface area contributed by atoms with Gasteiger partial charge in [-0.2, -0.15) is 11.8 Å². The molecule has 0 amide bonds. The molecule has 7 heteroatoms. The number of nitrogens with zero attached hydrogens (tertiary/aromatic N) is 1. The second-order valence-electron chi connectivity index (χ2n) is 5.34. The van der Waals surface area contributed by atoms with Gasteiger partial charge in [0.1, 0.15) is 5.37 Å². The first-order chi connectivity index (χ1) is 9.88. The Morgan fingerprint density at radius 3 is 2.71 bits per heavy atom. The molecule has 1 fully saturated rings. The number of hydrogen-bond acceptors (Lipinski definition) is 5. The van der Waals surface area contributed by atoms with Crippen molar-refractivity contribution in [3.8, 4) is 0 Å². The molecule has 0 saturated carbocycles. The van der Waals surface area contributed by atoms with Gasteiger partial charge in [0.25, 0.3) is 0 Å². The Morgan fingerprint density at radius 2 is 2.10 bits per heavy atom. The van der Waals surface area contributed by atoms with E-state index in [4.69, 9.17) is 5.73 Å². The van der Waals surface area contributed by atoms with Gasteiger partial charge < -0.3 is 5.73 Å². The predicted molar refractivity (Wildman–Crippen MR) is 93.2 cm³/mol. The van der Waals surface area contributed by atoms with Gasteiger partial charge in [0, 0.05) is 41.4 Å². The Morgan fingerprint density at radius 1 is 1.43 bits per heavy atom. The van der Waals surface area contributed by atoms with Crippen LogP contribution < -0.4 is 5.73 Å². The number of thioether (sulfide) groups is 1. The maximum atomic E-state index is 11.9. The van der Waals surface area contributed by atoms with Gasteiger partial charge in [0.15, 0.2) is 9.84 Å². The molecular formula is C14H21BrN2O2S2. The van der Waals surface area contributed by atoms with Crippen molar-refractivity contribution in [1.29, 1.82) is 0 Å². The lowest BCUT2D eigenvalue weighted by atomic mass is 10.0. The van der Waals surface area contributed by atoms with Crippen LogP contribution in [0.15, 0.2) is 28.7 Å². The Hall–Kier alpha value is -0.0800. The molecule has 118 valence electrons. The standard InChI is InChI=1S/C14H21BrN2O2S2/c1-21(18,19)14-10-20-9-8-17(14)7-6-13(16)11-2-4-12(15)5-3-11/h2-5,13-14H,6-10,16H2,1H3. The largest absolute Gasteiger partial charge is 0.324 e. The molecule has 1 aromatic rings. The summed E-state index contributed by atoms with van der Waals surface area (Å²) in [5, 5.41) is -0.367. The number of benzene rings is 1. The molecule has 1 aliphatic heterocycles. The van der Waals surface area contributed by atoms with Crippen molar-refractivity contribution < 1.29 is 8.42 Å². The first kappa shape index (κ1) is 17.3. The Bertz CT molecular complexity index is 563. The first-order valence-corrected chi connectivity index (χ1v) is 10.8. The molecule has 4 nitrogen and oxygen atoms in total. The highest BCUT2D eigenvalue weighted by molar-refractivity contribution is 9.10. The molecule has 0 bridgehead atoms. The monoisotopic (exact) mass is 392 g/mol. The highest BCUT2D eigenvalue weighted by Crippen LogP contribution is 2.23. The molecule has 1 saturated heterocycles. The SMILES string of the molecule is CS(=O)(=O)C1CSCCN1CCC(N)c1ccc(Br)cc1. The van der Waals surface area contributed by atoms with E-state index < -0.39 is 9.84 Å². The maximum Gasteiger partial charge on any atom is 0.164 e. The van der Waals surface area contributed by atoms with Crippen molar-refractivity contribution in [2.45, 2.75) is 17.8 Å². The summed E-state index contributed by atoms with van der Waals surface area (Å²) < 4.78 is 24.7. The van der Waals surface area contributed by atoms with Gasteiger partial charge in [-0.05, 0) is 24.1 Å². The summed E-state index contributed by atoms with van der Waals surface area (Å²) in [6, 6.07) is 7.91. The van der Waals surface area contributed by atoms with Crippen LogP contribution in [-0.4, -0.2) is 49.5 Å². The zero-order chi connectivity index (χ0) is 15.5. The highest BCUT2D eigenvalue weighted by atomic mass is 79.9. The van der Waals surface area contributed by atoms with Gasteiger partial charge in [-0.1, -0.05) is 28.1 Å². The molecule has 2 N–H and O–H groups in total. The van der Waals surface area contributed by atoms with Crippen LogP contribution in [0.5, 0.6) is 0 Å². The average Bonchev–Trinajstić information content (AvgIpc) is 2.45. The lowest BCUT2D eigenvalue weighted by molar-refractivity contribution is 0.260. The van der Waals surface area contributed by atoms with Crippen LogP contribution in [0.3, 0.4) is 0 Å². The van der Waals surface area contributed by atoms with Crippen LogP contribution in [0.25, 0.3) is 0 Å². The molecule has 0 aliphatic carbocycles. The number of rotatable bonds is 5. The summed E-state index contributed by atoms with van der Waals surface area (Å²) in [6.45, 7) is 1.53. The highest BCUT2D eigenvalue weighted by Gasteiger charge is 2.30. The van der Waals surface area contributed by atoms with Gasteiger partial charge in [-0.25, -0.2) is 8.42 Å². The summed E-state index contributed by atoms with van der Waals surface area (Å²) in [7, 11) is -3.04. The van der Waals surface area contributed by atoms with Gasteiger partial charge in [0.2, 0.25) is 0 Å². The molecule has 2 rings (SSSR count). The molecule has 1 heterocycles. The van der Waals surface area contributed by atoms with Crippen molar-refractivity contribution in [3.63, 3.8) is 0 Å². The lowest BCUT2D eigenvalue weighted by Crippen LogP contribution is -2.47. The molecule has 2 atom stereocenters. The molecule has 0 radical (unpaired) electrons. The molecule has 21 heavy (non-hydrogen) atoms. The Balaban J connectivity index is 1.96.